The second-order valence-electron chi connectivity index (χ2n) is 8.28. The highest BCUT2D eigenvalue weighted by molar-refractivity contribution is 5.47. The summed E-state index contributed by atoms with van der Waals surface area (Å²) < 4.78 is 56.0. The predicted octanol–water partition coefficient (Wildman–Crippen LogP) is 5.19. The van der Waals surface area contributed by atoms with E-state index in [1.165, 1.54) is 19.9 Å². The van der Waals surface area contributed by atoms with Gasteiger partial charge in [-0.2, -0.15) is 18.4 Å². The number of hydrogen-bond donors (Lipinski definition) is 2. The third kappa shape index (κ3) is 4.70. The van der Waals surface area contributed by atoms with Gasteiger partial charge in [0, 0.05) is 12.0 Å². The number of nitrogens with zero attached hydrogens (tertiary/aromatic N) is 1. The summed E-state index contributed by atoms with van der Waals surface area (Å²) in [4.78, 5) is 0. The van der Waals surface area contributed by atoms with Crippen LogP contribution in [0.5, 0.6) is 5.75 Å². The van der Waals surface area contributed by atoms with Crippen LogP contribution in [0.3, 0.4) is 0 Å². The molecule has 29 heavy (non-hydrogen) atoms. The number of aromatic hydroxyl groups is 1. The molecule has 0 heterocycles. The first kappa shape index (κ1) is 22.7. The molecule has 0 spiro atoms. The minimum atomic E-state index is -4.79. The molecule has 3 N–H and O–H groups in total. The van der Waals surface area contributed by atoms with Crippen molar-refractivity contribution in [2.24, 2.45) is 5.73 Å². The summed E-state index contributed by atoms with van der Waals surface area (Å²) in [6.45, 7) is 6.34. The fraction of sp³-hybridized carbons (Fsp3) is 0.409. The zero-order valence-electron chi connectivity index (χ0n) is 16.8. The molecular formula is C22H24F4N2O. The van der Waals surface area contributed by atoms with Crippen molar-refractivity contribution in [1.29, 1.82) is 5.26 Å². The van der Waals surface area contributed by atoms with Crippen molar-refractivity contribution in [2.45, 2.75) is 57.7 Å². The predicted molar refractivity (Wildman–Crippen MR) is 103 cm³/mol. The lowest BCUT2D eigenvalue weighted by Gasteiger charge is -2.39. The maximum absolute atomic E-state index is 14.1. The van der Waals surface area contributed by atoms with Gasteiger partial charge in [-0.05, 0) is 55.0 Å². The van der Waals surface area contributed by atoms with Crippen LogP contribution in [0.1, 0.15) is 48.1 Å². The zero-order chi connectivity index (χ0) is 22.2. The number of phenols is 1. The van der Waals surface area contributed by atoms with E-state index in [2.05, 4.69) is 0 Å². The van der Waals surface area contributed by atoms with Gasteiger partial charge in [-0.3, -0.25) is 0 Å². The summed E-state index contributed by atoms with van der Waals surface area (Å²) in [6, 6.07) is 8.38. The molecule has 1 unspecified atom stereocenters. The third-order valence-electron chi connectivity index (χ3n) is 5.19. The van der Waals surface area contributed by atoms with Crippen LogP contribution in [0, 0.1) is 31.0 Å². The number of rotatable bonds is 5. The fourth-order valence-corrected chi connectivity index (χ4v) is 3.89. The van der Waals surface area contributed by atoms with Crippen LogP contribution in [-0.2, 0) is 11.8 Å². The molecule has 0 aromatic heterocycles. The summed E-state index contributed by atoms with van der Waals surface area (Å²) in [7, 11) is 0. The first-order valence-corrected chi connectivity index (χ1v) is 9.05. The van der Waals surface area contributed by atoms with Gasteiger partial charge in [0.2, 0.25) is 0 Å². The monoisotopic (exact) mass is 408 g/mol. The number of phenolic OH excluding ortho intramolecular Hbond substituents is 1. The summed E-state index contributed by atoms with van der Waals surface area (Å²) in [5.41, 5.74) is 3.67. The van der Waals surface area contributed by atoms with Gasteiger partial charge in [0.15, 0.2) is 0 Å². The molecule has 1 atom stereocenters. The Morgan fingerprint density at radius 1 is 1.10 bits per heavy atom. The Balaban J connectivity index is 2.55. The Kier molecular flexibility index (Phi) is 6.01. The molecule has 2 aromatic rings. The quantitative estimate of drug-likeness (QED) is 0.669. The highest BCUT2D eigenvalue weighted by Crippen LogP contribution is 2.44. The number of alkyl halides is 3. The molecule has 156 valence electrons. The Labute approximate surface area is 167 Å². The molecule has 0 radical (unpaired) electrons. The molecule has 0 aliphatic heterocycles. The molecule has 2 rings (SSSR count). The van der Waals surface area contributed by atoms with Crippen LogP contribution >= 0.6 is 0 Å². The molecule has 0 saturated heterocycles. The van der Waals surface area contributed by atoms with E-state index in [9.17, 15) is 27.9 Å². The van der Waals surface area contributed by atoms with Gasteiger partial charge in [-0.1, -0.05) is 31.5 Å². The summed E-state index contributed by atoms with van der Waals surface area (Å²) in [5.74, 6) is -0.966. The van der Waals surface area contributed by atoms with Crippen LogP contribution in [0.25, 0.3) is 0 Å². The Hall–Kier alpha value is -2.59. The molecule has 0 aliphatic carbocycles. The number of aryl methyl sites for hydroxylation is 2. The fourth-order valence-electron chi connectivity index (χ4n) is 3.89. The van der Waals surface area contributed by atoms with Crippen molar-refractivity contribution in [3.05, 3.63) is 64.0 Å². The van der Waals surface area contributed by atoms with Gasteiger partial charge < -0.3 is 10.8 Å². The lowest BCUT2D eigenvalue weighted by molar-refractivity contribution is -0.191. The van der Waals surface area contributed by atoms with E-state index in [1.807, 2.05) is 6.07 Å². The number of benzene rings is 2. The largest absolute Gasteiger partial charge is 0.508 e. The van der Waals surface area contributed by atoms with Gasteiger partial charge >= 0.3 is 6.18 Å². The maximum Gasteiger partial charge on any atom is 0.406 e. The smallest absolute Gasteiger partial charge is 0.406 e. The maximum atomic E-state index is 14.1. The topological polar surface area (TPSA) is 70.0 Å². The van der Waals surface area contributed by atoms with Crippen LogP contribution in [0.15, 0.2) is 30.3 Å². The SMILES string of the molecule is Cc1cc(C)c(C#N)c(CC(N)(CC(C)(C)c2cc(F)ccc2O)C(F)(F)F)c1. The highest BCUT2D eigenvalue weighted by Gasteiger charge is 2.54. The second-order valence-corrected chi connectivity index (χ2v) is 8.28. The van der Waals surface area contributed by atoms with E-state index in [0.717, 1.165) is 23.8 Å². The number of nitriles is 1. The van der Waals surface area contributed by atoms with Crippen molar-refractivity contribution in [3.8, 4) is 11.8 Å². The van der Waals surface area contributed by atoms with E-state index in [4.69, 9.17) is 5.73 Å². The lowest BCUT2D eigenvalue weighted by Crippen LogP contribution is -2.58. The molecule has 0 saturated carbocycles. The molecule has 2 aromatic carbocycles. The van der Waals surface area contributed by atoms with Crippen molar-refractivity contribution in [3.63, 3.8) is 0 Å². The minimum Gasteiger partial charge on any atom is -0.508 e. The minimum absolute atomic E-state index is 0.0394. The van der Waals surface area contributed by atoms with Gasteiger partial charge in [0.25, 0.3) is 0 Å². The van der Waals surface area contributed by atoms with Crippen molar-refractivity contribution in [2.75, 3.05) is 0 Å². The molecule has 0 aliphatic rings. The van der Waals surface area contributed by atoms with E-state index >= 15 is 0 Å². The lowest BCUT2D eigenvalue weighted by atomic mass is 9.71. The van der Waals surface area contributed by atoms with Crippen molar-refractivity contribution < 1.29 is 22.7 Å². The molecule has 3 nitrogen and oxygen atoms in total. The molecule has 7 heteroatoms. The number of halogens is 4. The van der Waals surface area contributed by atoms with Gasteiger partial charge in [-0.15, -0.1) is 0 Å². The Morgan fingerprint density at radius 2 is 1.72 bits per heavy atom. The van der Waals surface area contributed by atoms with Crippen LogP contribution in [-0.4, -0.2) is 16.8 Å². The number of nitrogens with two attached hydrogens (primary N) is 1. The van der Waals surface area contributed by atoms with Gasteiger partial charge in [0.1, 0.15) is 17.1 Å². The van der Waals surface area contributed by atoms with Crippen LogP contribution in [0.4, 0.5) is 17.6 Å². The van der Waals surface area contributed by atoms with E-state index < -0.39 is 35.8 Å². The zero-order valence-corrected chi connectivity index (χ0v) is 16.8. The average molecular weight is 408 g/mol. The third-order valence-corrected chi connectivity index (χ3v) is 5.19. The van der Waals surface area contributed by atoms with Gasteiger partial charge in [-0.25, -0.2) is 4.39 Å². The van der Waals surface area contributed by atoms with E-state index in [1.54, 1.807) is 19.9 Å². The summed E-state index contributed by atoms with van der Waals surface area (Å²) in [6.07, 6.45) is -6.02. The average Bonchev–Trinajstić information content (AvgIpc) is 2.55. The van der Waals surface area contributed by atoms with Crippen LogP contribution in [0.2, 0.25) is 0 Å². The standard InChI is InChI=1S/C22H24F4N2O/c1-13-7-14(2)17(11-27)15(8-13)10-21(28,22(24,25)26)12-20(3,4)18-9-16(23)5-6-19(18)29/h5-9,29H,10,12,28H2,1-4H3. The van der Waals surface area contributed by atoms with Crippen molar-refractivity contribution >= 4 is 0 Å². The Bertz CT molecular complexity index is 961. The van der Waals surface area contributed by atoms with E-state index in [-0.39, 0.29) is 22.4 Å². The van der Waals surface area contributed by atoms with Crippen LogP contribution < -0.4 is 5.73 Å². The first-order chi connectivity index (χ1) is 13.2. The van der Waals surface area contributed by atoms with Crippen molar-refractivity contribution in [1.82, 2.24) is 0 Å². The summed E-state index contributed by atoms with van der Waals surface area (Å²) >= 11 is 0. The van der Waals surface area contributed by atoms with E-state index in [0.29, 0.717) is 5.56 Å². The summed E-state index contributed by atoms with van der Waals surface area (Å²) in [5, 5.41) is 19.5. The first-order valence-electron chi connectivity index (χ1n) is 9.05. The van der Waals surface area contributed by atoms with Gasteiger partial charge in [0.05, 0.1) is 11.6 Å². The normalized spacial score (nSPS) is 14.3. The second kappa shape index (κ2) is 7.68. The highest BCUT2D eigenvalue weighted by atomic mass is 19.4. The number of hydrogen-bond acceptors (Lipinski definition) is 3. The molecule has 0 fully saturated rings. The molecule has 0 amide bonds. The molecular weight excluding hydrogens is 384 g/mol. The molecule has 0 bridgehead atoms. The Morgan fingerprint density at radius 3 is 2.28 bits per heavy atom.